The molecule has 17 heavy (non-hydrogen) atoms. The van der Waals surface area contributed by atoms with Crippen molar-refractivity contribution in [2.24, 2.45) is 5.41 Å². The summed E-state index contributed by atoms with van der Waals surface area (Å²) in [5.74, 6) is 0. The zero-order chi connectivity index (χ0) is 13.1. The molecule has 0 spiro atoms. The molecule has 0 heterocycles. The normalized spacial score (nSPS) is 22.1. The summed E-state index contributed by atoms with van der Waals surface area (Å²) in [7, 11) is 2.29. The van der Waals surface area contributed by atoms with Gasteiger partial charge in [-0.15, -0.1) is 0 Å². The van der Waals surface area contributed by atoms with Gasteiger partial charge in [-0.1, -0.05) is 20.8 Å². The number of nitrogens with one attached hydrogen (secondary N) is 1. The van der Waals surface area contributed by atoms with Gasteiger partial charge in [0, 0.05) is 18.1 Å². The number of hydrogen-bond donors (Lipinski definition) is 1. The van der Waals surface area contributed by atoms with Crippen molar-refractivity contribution in [3.05, 3.63) is 0 Å². The van der Waals surface area contributed by atoms with E-state index >= 15 is 0 Å². The zero-order valence-corrected chi connectivity index (χ0v) is 12.8. The molecule has 2 heteroatoms. The molecular weight excluding hydrogens is 208 g/mol. The predicted octanol–water partition coefficient (Wildman–Crippen LogP) is 3.28. The molecule has 0 aliphatic heterocycles. The Kier molecular flexibility index (Phi) is 5.03. The van der Waals surface area contributed by atoms with Gasteiger partial charge < -0.3 is 10.2 Å². The maximum absolute atomic E-state index is 3.57. The zero-order valence-electron chi connectivity index (χ0n) is 12.8. The highest BCUT2D eigenvalue weighted by Gasteiger charge is 2.30. The summed E-state index contributed by atoms with van der Waals surface area (Å²) in [6, 6.07) is 0.793. The van der Waals surface area contributed by atoms with E-state index in [1.165, 1.54) is 25.7 Å². The van der Waals surface area contributed by atoms with Crippen LogP contribution in [0.25, 0.3) is 0 Å². The Labute approximate surface area is 108 Å². The second kappa shape index (κ2) is 5.71. The minimum atomic E-state index is 0.233. The lowest BCUT2D eigenvalue weighted by molar-refractivity contribution is 0.106. The standard InChI is InChI=1S/C15H32N2/c1-7-16-15(4,5)12-17(6)13-8-10-14(2,3)11-9-13/h13,16H,7-12H2,1-6H3. The monoisotopic (exact) mass is 240 g/mol. The van der Waals surface area contributed by atoms with Crippen LogP contribution in [0.2, 0.25) is 0 Å². The van der Waals surface area contributed by atoms with Gasteiger partial charge in [0.2, 0.25) is 0 Å². The summed E-state index contributed by atoms with van der Waals surface area (Å²) >= 11 is 0. The first-order valence-corrected chi connectivity index (χ1v) is 7.21. The number of rotatable bonds is 5. The third-order valence-corrected chi connectivity index (χ3v) is 4.23. The van der Waals surface area contributed by atoms with Crippen molar-refractivity contribution in [1.29, 1.82) is 0 Å². The van der Waals surface area contributed by atoms with Crippen LogP contribution < -0.4 is 5.32 Å². The van der Waals surface area contributed by atoms with E-state index < -0.39 is 0 Å². The molecule has 1 aliphatic rings. The molecule has 0 unspecified atom stereocenters. The maximum atomic E-state index is 3.57. The van der Waals surface area contributed by atoms with Crippen LogP contribution >= 0.6 is 0 Å². The van der Waals surface area contributed by atoms with Gasteiger partial charge in [0.25, 0.3) is 0 Å². The van der Waals surface area contributed by atoms with Gasteiger partial charge in [0.05, 0.1) is 0 Å². The molecule has 0 aromatic carbocycles. The van der Waals surface area contributed by atoms with Crippen LogP contribution in [-0.4, -0.2) is 36.6 Å². The van der Waals surface area contributed by atoms with E-state index in [1.807, 2.05) is 0 Å². The van der Waals surface area contributed by atoms with E-state index in [2.05, 4.69) is 51.9 Å². The van der Waals surface area contributed by atoms with Crippen LogP contribution in [0, 0.1) is 5.41 Å². The van der Waals surface area contributed by atoms with Gasteiger partial charge in [-0.05, 0) is 58.5 Å². The summed E-state index contributed by atoms with van der Waals surface area (Å²) in [6.07, 6.45) is 5.49. The molecule has 2 nitrogen and oxygen atoms in total. The van der Waals surface area contributed by atoms with Gasteiger partial charge in [-0.2, -0.15) is 0 Å². The first-order chi connectivity index (χ1) is 7.76. The van der Waals surface area contributed by atoms with Gasteiger partial charge in [0.1, 0.15) is 0 Å². The average Bonchev–Trinajstić information content (AvgIpc) is 2.16. The van der Waals surface area contributed by atoms with E-state index in [9.17, 15) is 0 Å². The molecule has 1 fully saturated rings. The van der Waals surface area contributed by atoms with Gasteiger partial charge in [-0.25, -0.2) is 0 Å². The summed E-state index contributed by atoms with van der Waals surface area (Å²) in [5, 5.41) is 3.57. The summed E-state index contributed by atoms with van der Waals surface area (Å²) in [6.45, 7) is 13.8. The fraction of sp³-hybridized carbons (Fsp3) is 1.00. The third-order valence-electron chi connectivity index (χ3n) is 4.23. The van der Waals surface area contributed by atoms with Gasteiger partial charge in [0.15, 0.2) is 0 Å². The van der Waals surface area contributed by atoms with Crippen molar-refractivity contribution in [2.75, 3.05) is 20.1 Å². The SMILES string of the molecule is CCNC(C)(C)CN(C)C1CCC(C)(C)CC1. The van der Waals surface area contributed by atoms with Crippen LogP contribution in [0.5, 0.6) is 0 Å². The quantitative estimate of drug-likeness (QED) is 0.793. The molecule has 0 bridgehead atoms. The summed E-state index contributed by atoms with van der Waals surface area (Å²) in [4.78, 5) is 2.57. The smallest absolute Gasteiger partial charge is 0.0252 e. The molecule has 0 saturated heterocycles. The molecule has 0 radical (unpaired) electrons. The van der Waals surface area contributed by atoms with Gasteiger partial charge in [-0.3, -0.25) is 0 Å². The molecule has 0 amide bonds. The number of nitrogens with zero attached hydrogens (tertiary/aromatic N) is 1. The van der Waals surface area contributed by atoms with E-state index in [4.69, 9.17) is 0 Å². The van der Waals surface area contributed by atoms with Crippen molar-refractivity contribution in [2.45, 2.75) is 71.9 Å². The Bertz CT molecular complexity index is 223. The minimum absolute atomic E-state index is 0.233. The molecule has 1 rings (SSSR count). The van der Waals surface area contributed by atoms with E-state index in [1.54, 1.807) is 0 Å². The maximum Gasteiger partial charge on any atom is 0.0252 e. The van der Waals surface area contributed by atoms with Crippen molar-refractivity contribution in [3.63, 3.8) is 0 Å². The van der Waals surface area contributed by atoms with E-state index in [-0.39, 0.29) is 5.54 Å². The first-order valence-electron chi connectivity index (χ1n) is 7.21. The second-order valence-electron chi connectivity index (χ2n) is 7.22. The minimum Gasteiger partial charge on any atom is -0.311 e. The topological polar surface area (TPSA) is 15.3 Å². The summed E-state index contributed by atoms with van der Waals surface area (Å²) in [5.41, 5.74) is 0.811. The summed E-state index contributed by atoms with van der Waals surface area (Å²) < 4.78 is 0. The van der Waals surface area contributed by atoms with Crippen LogP contribution in [0.1, 0.15) is 60.3 Å². The van der Waals surface area contributed by atoms with Crippen molar-refractivity contribution in [3.8, 4) is 0 Å². The van der Waals surface area contributed by atoms with Crippen molar-refractivity contribution >= 4 is 0 Å². The fourth-order valence-corrected chi connectivity index (χ4v) is 3.11. The van der Waals surface area contributed by atoms with Crippen LogP contribution in [0.15, 0.2) is 0 Å². The highest BCUT2D eigenvalue weighted by Crippen LogP contribution is 2.36. The molecular formula is C15H32N2. The molecule has 1 saturated carbocycles. The van der Waals surface area contributed by atoms with Gasteiger partial charge >= 0.3 is 0 Å². The largest absolute Gasteiger partial charge is 0.311 e. The average molecular weight is 240 g/mol. The van der Waals surface area contributed by atoms with Crippen LogP contribution in [0.3, 0.4) is 0 Å². The Balaban J connectivity index is 2.41. The van der Waals surface area contributed by atoms with Crippen molar-refractivity contribution < 1.29 is 0 Å². The Morgan fingerprint density at radius 3 is 2.24 bits per heavy atom. The molecule has 1 N–H and O–H groups in total. The molecule has 0 aromatic rings. The number of likely N-dealkylation sites (N-methyl/N-ethyl adjacent to an activating group) is 2. The van der Waals surface area contributed by atoms with E-state index in [0.29, 0.717) is 5.41 Å². The second-order valence-corrected chi connectivity index (χ2v) is 7.22. The lowest BCUT2D eigenvalue weighted by atomic mass is 9.75. The van der Waals surface area contributed by atoms with Crippen LogP contribution in [0.4, 0.5) is 0 Å². The Morgan fingerprint density at radius 2 is 1.76 bits per heavy atom. The highest BCUT2D eigenvalue weighted by molar-refractivity contribution is 4.87. The third kappa shape index (κ3) is 4.97. The van der Waals surface area contributed by atoms with E-state index in [0.717, 1.165) is 19.1 Å². The molecule has 1 aliphatic carbocycles. The Morgan fingerprint density at radius 1 is 1.24 bits per heavy atom. The molecule has 102 valence electrons. The molecule has 0 atom stereocenters. The fourth-order valence-electron chi connectivity index (χ4n) is 3.11. The highest BCUT2D eigenvalue weighted by atomic mass is 15.2. The van der Waals surface area contributed by atoms with Crippen LogP contribution in [-0.2, 0) is 0 Å². The lowest BCUT2D eigenvalue weighted by Gasteiger charge is -2.41. The Hall–Kier alpha value is -0.0800. The molecule has 0 aromatic heterocycles. The lowest BCUT2D eigenvalue weighted by Crippen LogP contribution is -2.51. The predicted molar refractivity (Wildman–Crippen MR) is 76.4 cm³/mol. The van der Waals surface area contributed by atoms with Crippen molar-refractivity contribution in [1.82, 2.24) is 10.2 Å². The number of hydrogen-bond acceptors (Lipinski definition) is 2. The first kappa shape index (κ1) is 15.0.